The highest BCUT2D eigenvalue weighted by Crippen LogP contribution is 2.36. The van der Waals surface area contributed by atoms with Gasteiger partial charge in [0, 0.05) is 25.2 Å². The molecule has 1 aliphatic carbocycles. The van der Waals surface area contributed by atoms with E-state index in [0.29, 0.717) is 13.1 Å². The van der Waals surface area contributed by atoms with Crippen LogP contribution in [0.1, 0.15) is 52.9 Å². The Labute approximate surface area is 124 Å². The van der Waals surface area contributed by atoms with E-state index in [0.717, 1.165) is 31.8 Å². The largest absolute Gasteiger partial charge is 0.342 e. The van der Waals surface area contributed by atoms with Gasteiger partial charge in [0.2, 0.25) is 5.91 Å². The third-order valence-corrected chi connectivity index (χ3v) is 5.29. The Balaban J connectivity index is 2.63. The molecule has 0 bridgehead atoms. The first-order valence-electron chi connectivity index (χ1n) is 8.22. The van der Waals surface area contributed by atoms with E-state index in [1.807, 2.05) is 18.7 Å². The molecule has 1 aliphatic rings. The second-order valence-corrected chi connectivity index (χ2v) is 6.20. The van der Waals surface area contributed by atoms with Gasteiger partial charge in [0.1, 0.15) is 0 Å². The van der Waals surface area contributed by atoms with E-state index in [-0.39, 0.29) is 11.4 Å². The molecule has 0 unspecified atom stereocenters. The van der Waals surface area contributed by atoms with Crippen LogP contribution in [-0.2, 0) is 4.79 Å². The van der Waals surface area contributed by atoms with Crippen molar-refractivity contribution in [1.29, 1.82) is 0 Å². The third kappa shape index (κ3) is 3.95. The number of nitrogens with zero attached hydrogens (tertiary/aromatic N) is 2. The molecule has 0 atom stereocenters. The molecular formula is C16H33N3O. The fraction of sp³-hybridized carbons (Fsp3) is 0.938. The third-order valence-electron chi connectivity index (χ3n) is 5.29. The van der Waals surface area contributed by atoms with Crippen LogP contribution in [0.15, 0.2) is 0 Å². The summed E-state index contributed by atoms with van der Waals surface area (Å²) in [5.74, 6) is 1.07. The van der Waals surface area contributed by atoms with Gasteiger partial charge < -0.3 is 10.6 Å². The quantitative estimate of drug-likeness (QED) is 0.778. The number of carbonyl (C=O) groups is 1. The number of nitrogens with two attached hydrogens (primary N) is 1. The Morgan fingerprint density at radius 3 is 2.15 bits per heavy atom. The van der Waals surface area contributed by atoms with Crippen molar-refractivity contribution < 1.29 is 4.79 Å². The van der Waals surface area contributed by atoms with Crippen molar-refractivity contribution in [3.8, 4) is 0 Å². The van der Waals surface area contributed by atoms with Gasteiger partial charge >= 0.3 is 0 Å². The number of amides is 1. The molecule has 118 valence electrons. The highest BCUT2D eigenvalue weighted by molar-refractivity contribution is 5.78. The van der Waals surface area contributed by atoms with Crippen molar-refractivity contribution >= 4 is 5.91 Å². The summed E-state index contributed by atoms with van der Waals surface area (Å²) in [5, 5.41) is 0. The van der Waals surface area contributed by atoms with Crippen molar-refractivity contribution in [2.45, 2.75) is 58.4 Å². The van der Waals surface area contributed by atoms with Crippen LogP contribution in [0, 0.1) is 5.92 Å². The lowest BCUT2D eigenvalue weighted by Gasteiger charge is -2.46. The van der Waals surface area contributed by atoms with E-state index in [2.05, 4.69) is 18.9 Å². The molecule has 20 heavy (non-hydrogen) atoms. The molecule has 0 aliphatic heterocycles. The van der Waals surface area contributed by atoms with Crippen LogP contribution < -0.4 is 5.73 Å². The summed E-state index contributed by atoms with van der Waals surface area (Å²) in [6, 6.07) is 0. The van der Waals surface area contributed by atoms with E-state index in [9.17, 15) is 4.79 Å². The van der Waals surface area contributed by atoms with Crippen molar-refractivity contribution in [1.82, 2.24) is 9.80 Å². The second kappa shape index (κ2) is 7.99. The lowest BCUT2D eigenvalue weighted by atomic mass is 9.74. The summed E-state index contributed by atoms with van der Waals surface area (Å²) in [5.41, 5.74) is 6.11. The normalized spacial score (nSPS) is 26.8. The van der Waals surface area contributed by atoms with Crippen LogP contribution in [0.4, 0.5) is 0 Å². The molecule has 4 nitrogen and oxygen atoms in total. The monoisotopic (exact) mass is 283 g/mol. The zero-order valence-electron chi connectivity index (χ0n) is 13.8. The van der Waals surface area contributed by atoms with Gasteiger partial charge in [-0.25, -0.2) is 0 Å². The molecule has 1 fully saturated rings. The minimum absolute atomic E-state index is 0.0362. The van der Waals surface area contributed by atoms with Crippen LogP contribution in [0.2, 0.25) is 0 Å². The summed E-state index contributed by atoms with van der Waals surface area (Å²) in [4.78, 5) is 16.4. The SMILES string of the molecule is CCC1CCC(CN)(N(C)CC(=O)N(CC)CC)CC1. The molecule has 0 spiro atoms. The van der Waals surface area contributed by atoms with Crippen molar-refractivity contribution in [2.75, 3.05) is 33.2 Å². The molecule has 2 N–H and O–H groups in total. The molecule has 0 radical (unpaired) electrons. The number of carbonyl (C=O) groups excluding carboxylic acids is 1. The maximum absolute atomic E-state index is 12.3. The van der Waals surface area contributed by atoms with Crippen LogP contribution in [0.5, 0.6) is 0 Å². The average Bonchev–Trinajstić information content (AvgIpc) is 2.48. The van der Waals surface area contributed by atoms with E-state index in [1.165, 1.54) is 19.3 Å². The van der Waals surface area contributed by atoms with Gasteiger partial charge in [0.25, 0.3) is 0 Å². The van der Waals surface area contributed by atoms with Crippen LogP contribution >= 0.6 is 0 Å². The Morgan fingerprint density at radius 2 is 1.75 bits per heavy atom. The summed E-state index contributed by atoms with van der Waals surface area (Å²) in [6.07, 6.45) is 6.02. The minimum Gasteiger partial charge on any atom is -0.342 e. The van der Waals surface area contributed by atoms with Gasteiger partial charge in [-0.15, -0.1) is 0 Å². The average molecular weight is 283 g/mol. The molecule has 1 amide bonds. The van der Waals surface area contributed by atoms with E-state index in [4.69, 9.17) is 5.73 Å². The predicted octanol–water partition coefficient (Wildman–Crippen LogP) is 2.08. The van der Waals surface area contributed by atoms with Crippen LogP contribution in [-0.4, -0.2) is 54.5 Å². The Bertz CT molecular complexity index is 294. The minimum atomic E-state index is 0.0362. The molecule has 0 heterocycles. The van der Waals surface area contributed by atoms with Crippen LogP contribution in [0.3, 0.4) is 0 Å². The maximum atomic E-state index is 12.3. The maximum Gasteiger partial charge on any atom is 0.236 e. The van der Waals surface area contributed by atoms with Gasteiger partial charge in [-0.1, -0.05) is 13.3 Å². The van der Waals surface area contributed by atoms with Crippen molar-refractivity contribution in [2.24, 2.45) is 11.7 Å². The molecule has 0 saturated heterocycles. The fourth-order valence-corrected chi connectivity index (χ4v) is 3.41. The van der Waals surface area contributed by atoms with E-state index >= 15 is 0 Å². The smallest absolute Gasteiger partial charge is 0.236 e. The number of rotatable bonds is 7. The molecule has 1 saturated carbocycles. The fourth-order valence-electron chi connectivity index (χ4n) is 3.41. The van der Waals surface area contributed by atoms with E-state index in [1.54, 1.807) is 0 Å². The molecule has 0 aromatic carbocycles. The van der Waals surface area contributed by atoms with Crippen LogP contribution in [0.25, 0.3) is 0 Å². The second-order valence-electron chi connectivity index (χ2n) is 6.20. The highest BCUT2D eigenvalue weighted by atomic mass is 16.2. The molecule has 1 rings (SSSR count). The van der Waals surface area contributed by atoms with Gasteiger partial charge in [0.05, 0.1) is 6.54 Å². The molecule has 0 aromatic heterocycles. The standard InChI is InChI=1S/C16H33N3O/c1-5-14-8-10-16(13-17,11-9-14)18(4)12-15(20)19(6-2)7-3/h14H,5-13,17H2,1-4H3. The van der Waals surface area contributed by atoms with Crippen molar-refractivity contribution in [3.63, 3.8) is 0 Å². The summed E-state index contributed by atoms with van der Waals surface area (Å²) in [6.45, 7) is 9.07. The summed E-state index contributed by atoms with van der Waals surface area (Å²) >= 11 is 0. The predicted molar refractivity (Wildman–Crippen MR) is 84.6 cm³/mol. The Morgan fingerprint density at radius 1 is 1.20 bits per heavy atom. The first-order chi connectivity index (χ1) is 9.52. The number of hydrogen-bond acceptors (Lipinski definition) is 3. The van der Waals surface area contributed by atoms with Gasteiger partial charge in [-0.2, -0.15) is 0 Å². The highest BCUT2D eigenvalue weighted by Gasteiger charge is 2.38. The van der Waals surface area contributed by atoms with Gasteiger partial charge in [-0.3, -0.25) is 9.69 Å². The summed E-state index contributed by atoms with van der Waals surface area (Å²) in [7, 11) is 2.07. The zero-order chi connectivity index (χ0) is 15.2. The summed E-state index contributed by atoms with van der Waals surface area (Å²) < 4.78 is 0. The lowest BCUT2D eigenvalue weighted by molar-refractivity contribution is -0.133. The number of hydrogen-bond donors (Lipinski definition) is 1. The first kappa shape index (κ1) is 17.4. The van der Waals surface area contributed by atoms with Gasteiger partial charge in [0.15, 0.2) is 0 Å². The molecule has 4 heteroatoms. The lowest BCUT2D eigenvalue weighted by Crippen LogP contribution is -2.56. The van der Waals surface area contributed by atoms with Crippen molar-refractivity contribution in [3.05, 3.63) is 0 Å². The first-order valence-corrected chi connectivity index (χ1v) is 8.22. The topological polar surface area (TPSA) is 49.6 Å². The number of likely N-dealkylation sites (N-methyl/N-ethyl adjacent to an activating group) is 2. The Hall–Kier alpha value is -0.610. The Kier molecular flexibility index (Phi) is 6.96. The molecule has 0 aromatic rings. The van der Waals surface area contributed by atoms with E-state index < -0.39 is 0 Å². The van der Waals surface area contributed by atoms with Gasteiger partial charge in [-0.05, 0) is 52.5 Å². The molecular weight excluding hydrogens is 250 g/mol. The zero-order valence-corrected chi connectivity index (χ0v) is 13.8.